The van der Waals surface area contributed by atoms with E-state index in [0.29, 0.717) is 19.1 Å². The van der Waals surface area contributed by atoms with Gasteiger partial charge in [-0.1, -0.05) is 19.4 Å². The van der Waals surface area contributed by atoms with E-state index in [1.165, 1.54) is 6.07 Å². The summed E-state index contributed by atoms with van der Waals surface area (Å²) in [5.41, 5.74) is 0.170. The van der Waals surface area contributed by atoms with E-state index in [-0.39, 0.29) is 23.0 Å². The van der Waals surface area contributed by atoms with Crippen molar-refractivity contribution in [3.63, 3.8) is 0 Å². The molecule has 0 radical (unpaired) electrons. The van der Waals surface area contributed by atoms with Crippen LogP contribution in [0.1, 0.15) is 43.0 Å². The third-order valence-electron chi connectivity index (χ3n) is 3.92. The molecule has 0 aliphatic carbocycles. The van der Waals surface area contributed by atoms with Gasteiger partial charge < -0.3 is 20.4 Å². The molecule has 116 valence electrons. The van der Waals surface area contributed by atoms with Gasteiger partial charge in [0.05, 0.1) is 5.56 Å². The van der Waals surface area contributed by atoms with E-state index < -0.39 is 0 Å². The van der Waals surface area contributed by atoms with Gasteiger partial charge in [-0.3, -0.25) is 4.79 Å². The van der Waals surface area contributed by atoms with E-state index in [2.05, 4.69) is 12.2 Å². The summed E-state index contributed by atoms with van der Waals surface area (Å²) in [6, 6.07) is 4.83. The maximum atomic E-state index is 12.6. The molecule has 1 aromatic rings. The second kappa shape index (κ2) is 7.31. The molecule has 1 heterocycles. The Labute approximate surface area is 125 Å². The predicted molar refractivity (Wildman–Crippen MR) is 81.6 cm³/mol. The number of unbranched alkanes of at least 4 members (excludes halogenated alkanes) is 1. The molecule has 21 heavy (non-hydrogen) atoms. The minimum atomic E-state index is -0.330. The normalized spacial score (nSPS) is 17.9. The van der Waals surface area contributed by atoms with Gasteiger partial charge in [-0.2, -0.15) is 0 Å². The summed E-state index contributed by atoms with van der Waals surface area (Å²) < 4.78 is 0. The van der Waals surface area contributed by atoms with Crippen LogP contribution in [0.3, 0.4) is 0 Å². The van der Waals surface area contributed by atoms with Gasteiger partial charge in [-0.05, 0) is 37.9 Å². The summed E-state index contributed by atoms with van der Waals surface area (Å²) in [5.74, 6) is -0.802. The molecule has 2 rings (SSSR count). The monoisotopic (exact) mass is 292 g/mol. The summed E-state index contributed by atoms with van der Waals surface area (Å²) in [7, 11) is 0. The van der Waals surface area contributed by atoms with Crippen LogP contribution in [0.4, 0.5) is 0 Å². The third kappa shape index (κ3) is 3.88. The van der Waals surface area contributed by atoms with Crippen molar-refractivity contribution in [3.05, 3.63) is 23.8 Å². The van der Waals surface area contributed by atoms with Crippen molar-refractivity contribution in [1.82, 2.24) is 10.2 Å². The van der Waals surface area contributed by atoms with Crippen LogP contribution in [0.5, 0.6) is 11.5 Å². The highest BCUT2D eigenvalue weighted by atomic mass is 16.3. The number of carbonyl (C=O) groups excluding carboxylic acids is 1. The molecule has 1 aliphatic heterocycles. The molecule has 1 saturated heterocycles. The molecular weight excluding hydrogens is 268 g/mol. The molecule has 0 spiro atoms. The minimum absolute atomic E-state index is 0.170. The zero-order valence-corrected chi connectivity index (χ0v) is 12.5. The second-order valence-electron chi connectivity index (χ2n) is 5.57. The van der Waals surface area contributed by atoms with E-state index in [9.17, 15) is 15.0 Å². The van der Waals surface area contributed by atoms with E-state index in [1.807, 2.05) is 0 Å². The number of carbonyl (C=O) groups is 1. The Kier molecular flexibility index (Phi) is 5.44. The van der Waals surface area contributed by atoms with Crippen LogP contribution in [-0.2, 0) is 0 Å². The smallest absolute Gasteiger partial charge is 0.257 e. The van der Waals surface area contributed by atoms with Gasteiger partial charge in [-0.25, -0.2) is 0 Å². The van der Waals surface area contributed by atoms with Crippen molar-refractivity contribution in [2.75, 3.05) is 19.6 Å². The Morgan fingerprint density at radius 2 is 2.24 bits per heavy atom. The van der Waals surface area contributed by atoms with Gasteiger partial charge in [0, 0.05) is 19.1 Å². The summed E-state index contributed by atoms with van der Waals surface area (Å²) in [5, 5.41) is 22.8. The molecule has 1 amide bonds. The first-order valence-electron chi connectivity index (χ1n) is 7.67. The molecular formula is C16H24N2O3. The van der Waals surface area contributed by atoms with Crippen LogP contribution < -0.4 is 5.32 Å². The van der Waals surface area contributed by atoms with Crippen LogP contribution in [0.15, 0.2) is 18.2 Å². The maximum absolute atomic E-state index is 12.6. The largest absolute Gasteiger partial charge is 0.504 e. The number of nitrogens with one attached hydrogen (secondary N) is 1. The van der Waals surface area contributed by atoms with E-state index in [4.69, 9.17) is 0 Å². The Morgan fingerprint density at radius 3 is 2.90 bits per heavy atom. The highest BCUT2D eigenvalue weighted by Gasteiger charge is 2.24. The van der Waals surface area contributed by atoms with Gasteiger partial charge in [0.2, 0.25) is 0 Å². The standard InChI is InChI=1S/C16H24N2O3/c1-2-3-10-18(11-12-6-5-9-17-12)16(21)13-7-4-8-14(19)15(13)20/h4,7-8,12,17,19-20H,2-3,5-6,9-11H2,1H3. The molecule has 0 bridgehead atoms. The average Bonchev–Trinajstić information content (AvgIpc) is 2.98. The van der Waals surface area contributed by atoms with Crippen molar-refractivity contribution in [1.29, 1.82) is 0 Å². The first-order valence-corrected chi connectivity index (χ1v) is 7.67. The lowest BCUT2D eigenvalue weighted by atomic mass is 10.1. The van der Waals surface area contributed by atoms with Gasteiger partial charge in [-0.15, -0.1) is 0 Å². The van der Waals surface area contributed by atoms with Crippen LogP contribution in [0.2, 0.25) is 0 Å². The van der Waals surface area contributed by atoms with Gasteiger partial charge in [0.15, 0.2) is 11.5 Å². The summed E-state index contributed by atoms with van der Waals surface area (Å²) in [6.07, 6.45) is 4.14. The van der Waals surface area contributed by atoms with E-state index in [0.717, 1.165) is 32.2 Å². The number of phenols is 2. The number of phenolic OH excluding ortho intramolecular Hbond substituents is 2. The lowest BCUT2D eigenvalue weighted by Crippen LogP contribution is -2.41. The number of rotatable bonds is 6. The molecule has 3 N–H and O–H groups in total. The SMILES string of the molecule is CCCCN(CC1CCCN1)C(=O)c1cccc(O)c1O. The second-order valence-corrected chi connectivity index (χ2v) is 5.57. The number of hydrogen-bond donors (Lipinski definition) is 3. The van der Waals surface area contributed by atoms with Crippen LogP contribution in [-0.4, -0.2) is 46.7 Å². The van der Waals surface area contributed by atoms with E-state index >= 15 is 0 Å². The van der Waals surface area contributed by atoms with Crippen molar-refractivity contribution in [3.8, 4) is 11.5 Å². The number of amides is 1. The highest BCUT2D eigenvalue weighted by Crippen LogP contribution is 2.29. The zero-order valence-electron chi connectivity index (χ0n) is 12.5. The summed E-state index contributed by atoms with van der Waals surface area (Å²) in [4.78, 5) is 14.4. The quantitative estimate of drug-likeness (QED) is 0.702. The van der Waals surface area contributed by atoms with Gasteiger partial charge in [0.1, 0.15) is 0 Å². The number of para-hydroxylation sites is 1. The van der Waals surface area contributed by atoms with Crippen LogP contribution in [0, 0.1) is 0 Å². The molecule has 1 aromatic carbocycles. The molecule has 1 unspecified atom stereocenters. The molecule has 1 aliphatic rings. The van der Waals surface area contributed by atoms with Crippen LogP contribution in [0.25, 0.3) is 0 Å². The molecule has 0 saturated carbocycles. The fourth-order valence-electron chi connectivity index (χ4n) is 2.68. The summed E-state index contributed by atoms with van der Waals surface area (Å²) in [6.45, 7) is 4.40. The fraction of sp³-hybridized carbons (Fsp3) is 0.562. The number of hydrogen-bond acceptors (Lipinski definition) is 4. The number of nitrogens with zero attached hydrogens (tertiary/aromatic N) is 1. The van der Waals surface area contributed by atoms with Crippen molar-refractivity contribution < 1.29 is 15.0 Å². The average molecular weight is 292 g/mol. The summed E-state index contributed by atoms with van der Waals surface area (Å²) >= 11 is 0. The Morgan fingerprint density at radius 1 is 1.43 bits per heavy atom. The lowest BCUT2D eigenvalue weighted by molar-refractivity contribution is 0.0735. The molecule has 1 fully saturated rings. The van der Waals surface area contributed by atoms with Crippen molar-refractivity contribution >= 4 is 5.91 Å². The van der Waals surface area contributed by atoms with E-state index in [1.54, 1.807) is 17.0 Å². The van der Waals surface area contributed by atoms with Gasteiger partial charge >= 0.3 is 0 Å². The first kappa shape index (κ1) is 15.6. The Hall–Kier alpha value is -1.75. The van der Waals surface area contributed by atoms with Crippen molar-refractivity contribution in [2.45, 2.75) is 38.6 Å². The number of benzene rings is 1. The third-order valence-corrected chi connectivity index (χ3v) is 3.92. The van der Waals surface area contributed by atoms with Crippen molar-refractivity contribution in [2.24, 2.45) is 0 Å². The Balaban J connectivity index is 2.13. The minimum Gasteiger partial charge on any atom is -0.504 e. The molecule has 1 atom stereocenters. The Bertz CT molecular complexity index is 484. The topological polar surface area (TPSA) is 72.8 Å². The van der Waals surface area contributed by atoms with Gasteiger partial charge in [0.25, 0.3) is 5.91 Å². The zero-order chi connectivity index (χ0) is 15.2. The predicted octanol–water partition coefficient (Wildman–Crippen LogP) is 2.09. The van der Waals surface area contributed by atoms with Crippen LogP contribution >= 0.6 is 0 Å². The molecule has 5 heteroatoms. The molecule has 0 aromatic heterocycles. The fourth-order valence-corrected chi connectivity index (χ4v) is 2.68. The number of aromatic hydroxyl groups is 2. The molecule has 5 nitrogen and oxygen atoms in total. The highest BCUT2D eigenvalue weighted by molar-refractivity contribution is 5.97. The lowest BCUT2D eigenvalue weighted by Gasteiger charge is -2.26. The first-order chi connectivity index (χ1) is 10.1. The maximum Gasteiger partial charge on any atom is 0.257 e.